The number of likely N-dealkylation sites (N-methyl/N-ethyl adjacent to an activating group) is 1. The van der Waals surface area contributed by atoms with Gasteiger partial charge in [-0.2, -0.15) is 0 Å². The molecule has 2 heterocycles. The van der Waals surface area contributed by atoms with Crippen molar-refractivity contribution in [2.24, 2.45) is 4.99 Å². The smallest absolute Gasteiger partial charge is 0.335 e. The largest absolute Gasteiger partial charge is 0.497 e. The van der Waals surface area contributed by atoms with Crippen LogP contribution < -0.4 is 4.74 Å². The summed E-state index contributed by atoms with van der Waals surface area (Å²) >= 11 is 1.10. The molecule has 0 radical (unpaired) electrons. The number of amidine groups is 1. The van der Waals surface area contributed by atoms with E-state index in [4.69, 9.17) is 14.3 Å². The molecule has 1 fully saturated rings. The lowest BCUT2D eigenvalue weighted by Crippen LogP contribution is -2.23. The number of carboxylic acid groups (broad SMARTS) is 1. The normalized spacial score (nSPS) is 15.8. The fourth-order valence-corrected chi connectivity index (χ4v) is 4.14. The van der Waals surface area contributed by atoms with Crippen LogP contribution >= 0.6 is 11.8 Å². The second kappa shape index (κ2) is 9.24. The third-order valence-corrected chi connectivity index (χ3v) is 5.95. The molecule has 34 heavy (non-hydrogen) atoms. The average molecular weight is 479 g/mol. The maximum absolute atomic E-state index is 12.7. The van der Waals surface area contributed by atoms with Crippen molar-refractivity contribution >= 4 is 46.3 Å². The van der Waals surface area contributed by atoms with Gasteiger partial charge in [-0.3, -0.25) is 19.8 Å². The number of nitro groups is 1. The van der Waals surface area contributed by atoms with Gasteiger partial charge in [0.2, 0.25) is 0 Å². The Morgan fingerprint density at radius 2 is 2.03 bits per heavy atom. The number of amides is 1. The molecule has 1 aliphatic rings. The van der Waals surface area contributed by atoms with Crippen molar-refractivity contribution in [2.75, 3.05) is 14.2 Å². The van der Waals surface area contributed by atoms with Crippen LogP contribution in [0.5, 0.6) is 5.75 Å². The summed E-state index contributed by atoms with van der Waals surface area (Å²) in [6, 6.07) is 13.7. The lowest BCUT2D eigenvalue weighted by atomic mass is 10.1. The van der Waals surface area contributed by atoms with Crippen molar-refractivity contribution in [3.8, 4) is 17.1 Å². The molecule has 0 aliphatic carbocycles. The first-order valence-electron chi connectivity index (χ1n) is 9.79. The number of aromatic carboxylic acids is 1. The molecule has 0 spiro atoms. The SMILES string of the molecule is COc1ccc(-c2ccc(C=C3SC(=Nc4cccc(C(=O)O)c4)N(C)C3=O)o2)c([N+](=O)[O-])c1. The van der Waals surface area contributed by atoms with Gasteiger partial charge in [0.15, 0.2) is 5.17 Å². The number of hydrogen-bond acceptors (Lipinski definition) is 8. The fraction of sp³-hybridized carbons (Fsp3) is 0.0870. The van der Waals surface area contributed by atoms with E-state index in [0.717, 1.165) is 11.8 Å². The molecular weight excluding hydrogens is 462 g/mol. The van der Waals surface area contributed by atoms with Crippen LogP contribution in [0.4, 0.5) is 11.4 Å². The van der Waals surface area contributed by atoms with Crippen LogP contribution in [0.15, 0.2) is 68.9 Å². The Labute approximate surface area is 197 Å². The summed E-state index contributed by atoms with van der Waals surface area (Å²) in [5, 5.41) is 21.0. The molecule has 2 aromatic carbocycles. The predicted molar refractivity (Wildman–Crippen MR) is 126 cm³/mol. The molecule has 1 saturated heterocycles. The van der Waals surface area contributed by atoms with E-state index >= 15 is 0 Å². The molecule has 0 unspecified atom stereocenters. The molecule has 10 nitrogen and oxygen atoms in total. The molecule has 1 aromatic heterocycles. The van der Waals surface area contributed by atoms with E-state index in [9.17, 15) is 19.7 Å². The number of ether oxygens (including phenoxy) is 1. The van der Waals surface area contributed by atoms with Gasteiger partial charge in [0, 0.05) is 13.1 Å². The molecule has 0 bridgehead atoms. The van der Waals surface area contributed by atoms with Crippen LogP contribution in [0, 0.1) is 10.1 Å². The highest BCUT2D eigenvalue weighted by Gasteiger charge is 2.31. The molecule has 1 amide bonds. The van der Waals surface area contributed by atoms with Crippen LogP contribution in [0.1, 0.15) is 16.1 Å². The van der Waals surface area contributed by atoms with E-state index in [2.05, 4.69) is 4.99 Å². The van der Waals surface area contributed by atoms with Crippen molar-refractivity contribution in [3.63, 3.8) is 0 Å². The minimum absolute atomic E-state index is 0.0883. The van der Waals surface area contributed by atoms with E-state index in [1.54, 1.807) is 37.4 Å². The Kier molecular flexibility index (Phi) is 6.19. The molecule has 172 valence electrons. The van der Waals surface area contributed by atoms with Gasteiger partial charge in [-0.05, 0) is 54.2 Å². The number of carboxylic acids is 1. The average Bonchev–Trinajstić information content (AvgIpc) is 3.39. The Hall–Kier alpha value is -4.38. The quantitative estimate of drug-likeness (QED) is 0.303. The zero-order valence-electron chi connectivity index (χ0n) is 17.9. The highest BCUT2D eigenvalue weighted by molar-refractivity contribution is 8.18. The number of nitrogens with zero attached hydrogens (tertiary/aromatic N) is 3. The maximum atomic E-state index is 12.7. The maximum Gasteiger partial charge on any atom is 0.335 e. The highest BCUT2D eigenvalue weighted by atomic mass is 32.2. The van der Waals surface area contributed by atoms with Crippen molar-refractivity contribution in [3.05, 3.63) is 80.9 Å². The minimum atomic E-state index is -1.07. The zero-order valence-corrected chi connectivity index (χ0v) is 18.7. The minimum Gasteiger partial charge on any atom is -0.497 e. The Morgan fingerprint density at radius 3 is 2.74 bits per heavy atom. The van der Waals surface area contributed by atoms with E-state index in [0.29, 0.717) is 27.3 Å². The van der Waals surface area contributed by atoms with Crippen LogP contribution in [-0.2, 0) is 4.79 Å². The number of aliphatic imine (C=N–C) groups is 1. The highest BCUT2D eigenvalue weighted by Crippen LogP contribution is 2.37. The van der Waals surface area contributed by atoms with E-state index in [1.807, 2.05) is 0 Å². The number of furan rings is 1. The summed E-state index contributed by atoms with van der Waals surface area (Å²) < 4.78 is 10.8. The van der Waals surface area contributed by atoms with E-state index in [-0.39, 0.29) is 28.5 Å². The molecule has 11 heteroatoms. The van der Waals surface area contributed by atoms with Gasteiger partial charge < -0.3 is 14.3 Å². The topological polar surface area (TPSA) is 135 Å². The van der Waals surface area contributed by atoms with Gasteiger partial charge >= 0.3 is 5.97 Å². The number of hydrogen-bond donors (Lipinski definition) is 1. The Balaban J connectivity index is 1.62. The van der Waals surface area contributed by atoms with Crippen molar-refractivity contribution < 1.29 is 28.8 Å². The summed E-state index contributed by atoms with van der Waals surface area (Å²) in [5.41, 5.74) is 0.594. The third kappa shape index (κ3) is 4.55. The summed E-state index contributed by atoms with van der Waals surface area (Å²) in [7, 11) is 2.98. The fourth-order valence-electron chi connectivity index (χ4n) is 3.17. The molecule has 4 rings (SSSR count). The Bertz CT molecular complexity index is 1380. The summed E-state index contributed by atoms with van der Waals surface area (Å²) in [6.45, 7) is 0. The first-order chi connectivity index (χ1) is 16.3. The van der Waals surface area contributed by atoms with Gasteiger partial charge in [-0.15, -0.1) is 0 Å². The van der Waals surface area contributed by atoms with E-state index < -0.39 is 10.9 Å². The standard InChI is InChI=1S/C23H17N3O7S/c1-25-21(27)20(34-23(25)24-14-5-3-4-13(10-14)22(28)29)12-16-7-9-19(33-16)17-8-6-15(32-2)11-18(17)26(30)31/h3-12H,1-2H3,(H,28,29). The van der Waals surface area contributed by atoms with Gasteiger partial charge in [-0.25, -0.2) is 9.79 Å². The second-order valence-corrected chi connectivity index (χ2v) is 8.08. The van der Waals surface area contributed by atoms with Crippen molar-refractivity contribution in [2.45, 2.75) is 0 Å². The molecule has 1 N–H and O–H groups in total. The van der Waals surface area contributed by atoms with Gasteiger partial charge in [0.1, 0.15) is 17.3 Å². The zero-order chi connectivity index (χ0) is 24.4. The molecule has 0 atom stereocenters. The predicted octanol–water partition coefficient (Wildman–Crippen LogP) is 4.80. The van der Waals surface area contributed by atoms with Crippen LogP contribution in [0.2, 0.25) is 0 Å². The monoisotopic (exact) mass is 479 g/mol. The third-order valence-electron chi connectivity index (χ3n) is 4.89. The number of methoxy groups -OCH3 is 1. The van der Waals surface area contributed by atoms with E-state index in [1.165, 1.54) is 42.4 Å². The van der Waals surface area contributed by atoms with Crippen molar-refractivity contribution in [1.82, 2.24) is 4.90 Å². The first-order valence-corrected chi connectivity index (χ1v) is 10.6. The number of benzene rings is 2. The van der Waals surface area contributed by atoms with Gasteiger partial charge in [-0.1, -0.05) is 6.07 Å². The number of carbonyl (C=O) groups is 2. The van der Waals surface area contributed by atoms with Gasteiger partial charge in [0.25, 0.3) is 11.6 Å². The summed E-state index contributed by atoms with van der Waals surface area (Å²) in [5.74, 6) is -0.438. The Morgan fingerprint density at radius 1 is 1.24 bits per heavy atom. The first kappa shape index (κ1) is 22.8. The van der Waals surface area contributed by atoms with Crippen molar-refractivity contribution in [1.29, 1.82) is 0 Å². The number of rotatable bonds is 6. The lowest BCUT2D eigenvalue weighted by Gasteiger charge is -2.07. The summed E-state index contributed by atoms with van der Waals surface area (Å²) in [6.07, 6.45) is 1.53. The van der Waals surface area contributed by atoms with Crippen LogP contribution in [0.3, 0.4) is 0 Å². The number of carbonyl (C=O) groups excluding carboxylic acids is 1. The van der Waals surface area contributed by atoms with Crippen LogP contribution in [0.25, 0.3) is 17.4 Å². The van der Waals surface area contributed by atoms with Gasteiger partial charge in [0.05, 0.1) is 39.8 Å². The summed E-state index contributed by atoms with van der Waals surface area (Å²) in [4.78, 5) is 40.9. The molecule has 1 aliphatic heterocycles. The van der Waals surface area contributed by atoms with Crippen LogP contribution in [-0.4, -0.2) is 46.1 Å². The molecule has 3 aromatic rings. The lowest BCUT2D eigenvalue weighted by molar-refractivity contribution is -0.384. The number of thioether (sulfide) groups is 1. The molecular formula is C23H17N3O7S. The molecule has 0 saturated carbocycles. The second-order valence-electron chi connectivity index (χ2n) is 7.07. The number of nitro benzene ring substituents is 1.